The fourth-order valence-electron chi connectivity index (χ4n) is 2.88. The summed E-state index contributed by atoms with van der Waals surface area (Å²) in [6, 6.07) is 1.98. The molecule has 2 heterocycles. The minimum absolute atomic E-state index is 0.0173. The van der Waals surface area contributed by atoms with Gasteiger partial charge in [0.1, 0.15) is 0 Å². The van der Waals surface area contributed by atoms with Gasteiger partial charge in [-0.2, -0.15) is 5.10 Å². The van der Waals surface area contributed by atoms with Crippen molar-refractivity contribution in [2.24, 2.45) is 5.92 Å². The number of hydrogen-bond donors (Lipinski definition) is 2. The normalized spacial score (nSPS) is 19.8. The first-order valence-corrected chi connectivity index (χ1v) is 7.67. The van der Waals surface area contributed by atoms with Gasteiger partial charge in [0.15, 0.2) is 0 Å². The van der Waals surface area contributed by atoms with Crippen LogP contribution in [0.5, 0.6) is 0 Å². The molecule has 1 aliphatic heterocycles. The van der Waals surface area contributed by atoms with Gasteiger partial charge in [-0.3, -0.25) is 4.68 Å². The number of aliphatic hydroxyl groups is 1. The number of urea groups is 1. The number of aliphatic hydroxyl groups excluding tert-OH is 1. The van der Waals surface area contributed by atoms with Crippen LogP contribution in [0.1, 0.15) is 31.2 Å². The highest BCUT2D eigenvalue weighted by atomic mass is 16.3. The van der Waals surface area contributed by atoms with E-state index >= 15 is 0 Å². The highest BCUT2D eigenvalue weighted by Gasteiger charge is 2.27. The Kier molecular flexibility index (Phi) is 5.22. The van der Waals surface area contributed by atoms with Gasteiger partial charge in [-0.1, -0.05) is 6.92 Å². The molecule has 1 saturated heterocycles. The molecular formula is C15H26N4O2. The van der Waals surface area contributed by atoms with Crippen molar-refractivity contribution in [2.75, 3.05) is 19.7 Å². The molecule has 1 aromatic heterocycles. The number of carbonyl (C=O) groups excluding carboxylic acids is 1. The van der Waals surface area contributed by atoms with Crippen molar-refractivity contribution >= 4 is 6.03 Å². The number of likely N-dealkylation sites (tertiary alicyclic amines) is 1. The van der Waals surface area contributed by atoms with Gasteiger partial charge in [0, 0.05) is 25.3 Å². The summed E-state index contributed by atoms with van der Waals surface area (Å²) >= 11 is 0. The zero-order valence-electron chi connectivity index (χ0n) is 13.2. The molecular weight excluding hydrogens is 268 g/mol. The standard InChI is InChI=1S/C15H26N4O2/c1-11(9-19-13(3)7-12(2)17-19)8-16-15(21)18-6-4-5-14(18)10-20/h7,11,14,20H,4-6,8-10H2,1-3H3,(H,16,21). The molecule has 0 radical (unpaired) electrons. The van der Waals surface area contributed by atoms with Crippen LogP contribution in [-0.2, 0) is 6.54 Å². The Bertz CT molecular complexity index is 486. The lowest BCUT2D eigenvalue weighted by Crippen LogP contribution is -2.45. The van der Waals surface area contributed by atoms with Crippen LogP contribution in [0.25, 0.3) is 0 Å². The maximum Gasteiger partial charge on any atom is 0.317 e. The minimum atomic E-state index is -0.0632. The molecule has 1 aliphatic rings. The molecule has 118 valence electrons. The van der Waals surface area contributed by atoms with Crippen LogP contribution in [-0.4, -0.2) is 51.6 Å². The SMILES string of the molecule is Cc1cc(C)n(CC(C)CNC(=O)N2CCCC2CO)n1. The molecule has 0 bridgehead atoms. The maximum absolute atomic E-state index is 12.1. The molecule has 6 heteroatoms. The van der Waals surface area contributed by atoms with E-state index in [4.69, 9.17) is 0 Å². The number of nitrogens with zero attached hydrogens (tertiary/aromatic N) is 3. The highest BCUT2D eigenvalue weighted by Crippen LogP contribution is 2.16. The number of rotatable bonds is 5. The number of aryl methyl sites for hydroxylation is 2. The predicted octanol–water partition coefficient (Wildman–Crippen LogP) is 1.30. The highest BCUT2D eigenvalue weighted by molar-refractivity contribution is 5.74. The molecule has 0 saturated carbocycles. The predicted molar refractivity (Wildman–Crippen MR) is 81.1 cm³/mol. The van der Waals surface area contributed by atoms with Gasteiger partial charge in [-0.05, 0) is 38.7 Å². The van der Waals surface area contributed by atoms with Crippen LogP contribution < -0.4 is 5.32 Å². The molecule has 2 atom stereocenters. The average molecular weight is 294 g/mol. The number of amides is 2. The number of hydrogen-bond acceptors (Lipinski definition) is 3. The third kappa shape index (κ3) is 3.97. The Hall–Kier alpha value is -1.56. The van der Waals surface area contributed by atoms with Crippen molar-refractivity contribution < 1.29 is 9.90 Å². The van der Waals surface area contributed by atoms with E-state index in [9.17, 15) is 9.90 Å². The van der Waals surface area contributed by atoms with Crippen molar-refractivity contribution in [3.63, 3.8) is 0 Å². The van der Waals surface area contributed by atoms with E-state index in [1.807, 2.05) is 18.5 Å². The molecule has 21 heavy (non-hydrogen) atoms. The van der Waals surface area contributed by atoms with E-state index in [0.29, 0.717) is 12.5 Å². The van der Waals surface area contributed by atoms with Crippen molar-refractivity contribution in [2.45, 2.75) is 46.2 Å². The summed E-state index contributed by atoms with van der Waals surface area (Å²) in [6.45, 7) is 8.33. The van der Waals surface area contributed by atoms with Gasteiger partial charge in [0.25, 0.3) is 0 Å². The molecule has 1 aromatic rings. The smallest absolute Gasteiger partial charge is 0.317 e. The number of aromatic nitrogens is 2. The second-order valence-corrected chi connectivity index (χ2v) is 6.07. The monoisotopic (exact) mass is 294 g/mol. The van der Waals surface area contributed by atoms with Crippen molar-refractivity contribution in [3.8, 4) is 0 Å². The van der Waals surface area contributed by atoms with Gasteiger partial charge in [-0.15, -0.1) is 0 Å². The lowest BCUT2D eigenvalue weighted by Gasteiger charge is -2.24. The Morgan fingerprint density at radius 3 is 2.95 bits per heavy atom. The fraction of sp³-hybridized carbons (Fsp3) is 0.733. The molecule has 0 spiro atoms. The number of nitrogens with one attached hydrogen (secondary N) is 1. The number of carbonyl (C=O) groups is 1. The first-order chi connectivity index (χ1) is 10.0. The topological polar surface area (TPSA) is 70.4 Å². The second-order valence-electron chi connectivity index (χ2n) is 6.07. The Morgan fingerprint density at radius 2 is 2.33 bits per heavy atom. The van der Waals surface area contributed by atoms with Gasteiger partial charge in [0.2, 0.25) is 0 Å². The van der Waals surface area contributed by atoms with Gasteiger partial charge in [-0.25, -0.2) is 4.79 Å². The van der Waals surface area contributed by atoms with Crippen molar-refractivity contribution in [1.82, 2.24) is 20.0 Å². The Balaban J connectivity index is 1.79. The van der Waals surface area contributed by atoms with E-state index in [1.165, 1.54) is 0 Å². The van der Waals surface area contributed by atoms with E-state index in [-0.39, 0.29) is 18.7 Å². The summed E-state index contributed by atoms with van der Waals surface area (Å²) < 4.78 is 1.98. The van der Waals surface area contributed by atoms with Crippen LogP contribution in [0.4, 0.5) is 4.79 Å². The lowest BCUT2D eigenvalue weighted by molar-refractivity contribution is 0.156. The first-order valence-electron chi connectivity index (χ1n) is 7.67. The van der Waals surface area contributed by atoms with E-state index in [0.717, 1.165) is 37.3 Å². The summed E-state index contributed by atoms with van der Waals surface area (Å²) in [6.07, 6.45) is 1.87. The second kappa shape index (κ2) is 6.93. The molecule has 0 aliphatic carbocycles. The summed E-state index contributed by atoms with van der Waals surface area (Å²) in [5.41, 5.74) is 2.16. The average Bonchev–Trinajstić information content (AvgIpc) is 3.03. The van der Waals surface area contributed by atoms with Crippen LogP contribution in [0.3, 0.4) is 0 Å². The third-order valence-corrected chi connectivity index (χ3v) is 4.04. The van der Waals surface area contributed by atoms with Crippen LogP contribution >= 0.6 is 0 Å². The summed E-state index contributed by atoms with van der Waals surface area (Å²) in [5.74, 6) is 0.308. The summed E-state index contributed by atoms with van der Waals surface area (Å²) in [7, 11) is 0. The van der Waals surface area contributed by atoms with Gasteiger partial charge < -0.3 is 15.3 Å². The largest absolute Gasteiger partial charge is 0.394 e. The molecule has 2 N–H and O–H groups in total. The van der Waals surface area contributed by atoms with Gasteiger partial charge in [0.05, 0.1) is 18.3 Å². The molecule has 2 unspecified atom stereocenters. The molecule has 0 aromatic carbocycles. The van der Waals surface area contributed by atoms with Gasteiger partial charge >= 0.3 is 6.03 Å². The van der Waals surface area contributed by atoms with Crippen molar-refractivity contribution in [3.05, 3.63) is 17.5 Å². The van der Waals surface area contributed by atoms with E-state index in [2.05, 4.69) is 23.4 Å². The molecule has 2 amide bonds. The van der Waals surface area contributed by atoms with Crippen LogP contribution in [0, 0.1) is 19.8 Å². The lowest BCUT2D eigenvalue weighted by atomic mass is 10.2. The Labute approximate surface area is 126 Å². The fourth-order valence-corrected chi connectivity index (χ4v) is 2.88. The minimum Gasteiger partial charge on any atom is -0.394 e. The zero-order valence-corrected chi connectivity index (χ0v) is 13.2. The van der Waals surface area contributed by atoms with E-state index < -0.39 is 0 Å². The summed E-state index contributed by atoms with van der Waals surface area (Å²) in [4.78, 5) is 13.9. The molecule has 2 rings (SSSR count). The first kappa shape index (κ1) is 15.8. The zero-order chi connectivity index (χ0) is 15.4. The van der Waals surface area contributed by atoms with E-state index in [1.54, 1.807) is 4.90 Å². The molecule has 6 nitrogen and oxygen atoms in total. The van der Waals surface area contributed by atoms with Crippen LogP contribution in [0.15, 0.2) is 6.07 Å². The van der Waals surface area contributed by atoms with Crippen LogP contribution in [0.2, 0.25) is 0 Å². The summed E-state index contributed by atoms with van der Waals surface area (Å²) in [5, 5.41) is 16.7. The van der Waals surface area contributed by atoms with Crippen molar-refractivity contribution in [1.29, 1.82) is 0 Å². The third-order valence-electron chi connectivity index (χ3n) is 4.04. The quantitative estimate of drug-likeness (QED) is 0.860. The molecule has 1 fully saturated rings. The maximum atomic E-state index is 12.1. The Morgan fingerprint density at radius 1 is 1.57 bits per heavy atom.